The largest absolute Gasteiger partial charge is 0.310 e. The number of benzene rings is 7. The van der Waals surface area contributed by atoms with Crippen LogP contribution in [0.2, 0.25) is 0 Å². The van der Waals surface area contributed by atoms with E-state index in [0.717, 1.165) is 5.69 Å². The van der Waals surface area contributed by atoms with E-state index >= 15 is 0 Å². The van der Waals surface area contributed by atoms with Crippen molar-refractivity contribution in [2.45, 2.75) is 110 Å². The summed E-state index contributed by atoms with van der Waals surface area (Å²) in [6.07, 6.45) is 0. The fourth-order valence-corrected chi connectivity index (χ4v) is 11.2. The van der Waals surface area contributed by atoms with Gasteiger partial charge in [0.1, 0.15) is 0 Å². The number of anilines is 3. The molecule has 60 heavy (non-hydrogen) atoms. The highest BCUT2D eigenvalue weighted by molar-refractivity contribution is 5.96. The maximum absolute atomic E-state index is 2.56. The second-order valence-corrected chi connectivity index (χ2v) is 21.5. The maximum atomic E-state index is 2.56. The second-order valence-electron chi connectivity index (χ2n) is 21.5. The quantitative estimate of drug-likeness (QED) is 0.172. The van der Waals surface area contributed by atoms with Gasteiger partial charge in [-0.2, -0.15) is 0 Å². The van der Waals surface area contributed by atoms with Crippen molar-refractivity contribution in [1.82, 2.24) is 0 Å². The zero-order valence-electron chi connectivity index (χ0n) is 37.7. The predicted molar refractivity (Wildman–Crippen MR) is 257 cm³/mol. The third-order valence-corrected chi connectivity index (χ3v) is 14.5. The molecule has 0 saturated heterocycles. The lowest BCUT2D eigenvalue weighted by atomic mass is 9.72. The summed E-state index contributed by atoms with van der Waals surface area (Å²) < 4.78 is 0. The first-order valence-electron chi connectivity index (χ1n) is 22.0. The third-order valence-electron chi connectivity index (χ3n) is 14.5. The van der Waals surface area contributed by atoms with Gasteiger partial charge in [0.2, 0.25) is 0 Å². The second kappa shape index (κ2) is 12.7. The summed E-state index contributed by atoms with van der Waals surface area (Å²) in [6, 6.07) is 53.7. The molecule has 7 aromatic rings. The number of hydrogen-bond acceptors (Lipinski definition) is 1. The maximum Gasteiger partial charge on any atom is 0.0543 e. The van der Waals surface area contributed by atoms with Crippen LogP contribution in [-0.4, -0.2) is 0 Å². The minimum atomic E-state index is -0.158. The first-order chi connectivity index (χ1) is 28.3. The zero-order chi connectivity index (χ0) is 42.3. The molecule has 0 saturated carbocycles. The Morgan fingerprint density at radius 1 is 0.350 bits per heavy atom. The Balaban J connectivity index is 1.17. The highest BCUT2D eigenvalue weighted by Crippen LogP contribution is 2.58. The molecule has 0 radical (unpaired) electrons. The molecule has 0 aliphatic heterocycles. The molecular weight excluding hydrogens is 723 g/mol. The number of hydrogen-bond donors (Lipinski definition) is 0. The van der Waals surface area contributed by atoms with Gasteiger partial charge in [-0.15, -0.1) is 0 Å². The van der Waals surface area contributed by atoms with Crippen LogP contribution in [0.25, 0.3) is 44.5 Å². The Kier molecular flexibility index (Phi) is 8.15. The van der Waals surface area contributed by atoms with Crippen LogP contribution in [0.1, 0.15) is 128 Å². The third kappa shape index (κ3) is 5.50. The highest BCUT2D eigenvalue weighted by Gasteiger charge is 2.42. The lowest BCUT2D eigenvalue weighted by molar-refractivity contribution is 0.527. The van der Waals surface area contributed by atoms with Crippen molar-refractivity contribution in [2.24, 2.45) is 0 Å². The summed E-state index contributed by atoms with van der Waals surface area (Å²) in [7, 11) is 0. The van der Waals surface area contributed by atoms with Gasteiger partial charge in [-0.3, -0.25) is 0 Å². The van der Waals surface area contributed by atoms with E-state index in [9.17, 15) is 0 Å². The van der Waals surface area contributed by atoms with Gasteiger partial charge in [-0.05, 0) is 137 Å². The first kappa shape index (κ1) is 38.5. The summed E-state index contributed by atoms with van der Waals surface area (Å²) in [5.41, 5.74) is 25.1. The van der Waals surface area contributed by atoms with E-state index in [1.54, 1.807) is 0 Å². The van der Waals surface area contributed by atoms with Gasteiger partial charge >= 0.3 is 0 Å². The molecule has 10 rings (SSSR count). The molecular formula is C59H59N. The van der Waals surface area contributed by atoms with Crippen LogP contribution in [0.3, 0.4) is 0 Å². The number of fused-ring (bicyclic) bond motifs is 9. The molecule has 7 aromatic carbocycles. The van der Waals surface area contributed by atoms with E-state index in [1.807, 2.05) is 0 Å². The number of rotatable bonds is 4. The van der Waals surface area contributed by atoms with E-state index in [4.69, 9.17) is 0 Å². The van der Waals surface area contributed by atoms with Crippen molar-refractivity contribution in [3.8, 4) is 44.5 Å². The highest BCUT2D eigenvalue weighted by atomic mass is 15.1. The van der Waals surface area contributed by atoms with Crippen molar-refractivity contribution in [3.63, 3.8) is 0 Å². The Bertz CT molecular complexity index is 2900. The molecule has 0 heterocycles. The normalized spacial score (nSPS) is 16.1. The van der Waals surface area contributed by atoms with Crippen molar-refractivity contribution in [3.05, 3.63) is 184 Å². The topological polar surface area (TPSA) is 3.24 Å². The van der Waals surface area contributed by atoms with Crippen molar-refractivity contribution >= 4 is 17.1 Å². The van der Waals surface area contributed by atoms with Gasteiger partial charge in [-0.1, -0.05) is 180 Å². The Morgan fingerprint density at radius 2 is 0.800 bits per heavy atom. The van der Waals surface area contributed by atoms with E-state index in [-0.39, 0.29) is 27.1 Å². The van der Waals surface area contributed by atoms with Crippen LogP contribution < -0.4 is 4.90 Å². The van der Waals surface area contributed by atoms with Gasteiger partial charge in [0, 0.05) is 33.2 Å². The summed E-state index contributed by atoms with van der Waals surface area (Å²) >= 11 is 0. The standard InChI is InChI=1S/C59H59N/c1-55(2,3)51-34-44-50(35-52(51)56(4,5)6)59(11,12)47-22-17-23-53(54(44)47)60(39-29-31-43-41-19-14-16-21-46(41)58(9,10)49(43)33-39)38-27-24-36(25-28-38)37-26-30-42-40-18-13-15-20-45(40)57(7,8)48(42)32-37/h13-35H,1-12H3. The Labute approximate surface area is 359 Å². The zero-order valence-corrected chi connectivity index (χ0v) is 37.7. The molecule has 3 aliphatic rings. The van der Waals surface area contributed by atoms with E-state index in [1.165, 1.54) is 100 Å². The molecule has 0 N–H and O–H groups in total. The van der Waals surface area contributed by atoms with Crippen LogP contribution in [0, 0.1) is 0 Å². The van der Waals surface area contributed by atoms with Gasteiger partial charge < -0.3 is 4.90 Å². The van der Waals surface area contributed by atoms with Crippen molar-refractivity contribution < 1.29 is 0 Å². The molecule has 1 nitrogen and oxygen atoms in total. The van der Waals surface area contributed by atoms with E-state index < -0.39 is 0 Å². The molecule has 0 atom stereocenters. The van der Waals surface area contributed by atoms with Crippen LogP contribution in [0.15, 0.2) is 140 Å². The SMILES string of the molecule is CC(C)(C)c1cc2c(cc1C(C)(C)C)C(C)(C)c1cccc(N(c3ccc(-c4ccc5c(c4)C(C)(C)c4ccccc4-5)cc3)c3ccc4c(c3)C(C)(C)c3ccccc3-4)c1-2. The lowest BCUT2D eigenvalue weighted by Crippen LogP contribution is -2.24. The molecule has 1 heteroatoms. The van der Waals surface area contributed by atoms with Gasteiger partial charge in [-0.25, -0.2) is 0 Å². The summed E-state index contributed by atoms with van der Waals surface area (Å²) in [4.78, 5) is 2.55. The summed E-state index contributed by atoms with van der Waals surface area (Å²) in [6.45, 7) is 28.6. The minimum absolute atomic E-state index is 0.00880. The van der Waals surface area contributed by atoms with Gasteiger partial charge in [0.25, 0.3) is 0 Å². The summed E-state index contributed by atoms with van der Waals surface area (Å²) in [5.74, 6) is 0. The molecule has 0 amide bonds. The van der Waals surface area contributed by atoms with E-state index in [0.29, 0.717) is 0 Å². The molecule has 3 aliphatic carbocycles. The average Bonchev–Trinajstić information content (AvgIpc) is 3.69. The average molecular weight is 782 g/mol. The van der Waals surface area contributed by atoms with Crippen LogP contribution in [0.4, 0.5) is 17.1 Å². The number of nitrogens with zero attached hydrogens (tertiary/aromatic N) is 1. The molecule has 0 unspecified atom stereocenters. The fraction of sp³-hybridized carbons (Fsp3) is 0.288. The van der Waals surface area contributed by atoms with Gasteiger partial charge in [0.15, 0.2) is 0 Å². The van der Waals surface area contributed by atoms with Crippen molar-refractivity contribution in [2.75, 3.05) is 4.90 Å². The smallest absolute Gasteiger partial charge is 0.0543 e. The van der Waals surface area contributed by atoms with Gasteiger partial charge in [0.05, 0.1) is 5.69 Å². The summed E-state index contributed by atoms with van der Waals surface area (Å²) in [5, 5.41) is 0. The predicted octanol–water partition coefficient (Wildman–Crippen LogP) is 16.3. The monoisotopic (exact) mass is 781 g/mol. The Hall–Kier alpha value is -5.66. The van der Waals surface area contributed by atoms with Crippen LogP contribution >= 0.6 is 0 Å². The van der Waals surface area contributed by atoms with E-state index in [2.05, 4.69) is 228 Å². The lowest BCUT2D eigenvalue weighted by Gasteiger charge is -2.33. The molecule has 0 bridgehead atoms. The Morgan fingerprint density at radius 3 is 1.40 bits per heavy atom. The first-order valence-corrected chi connectivity index (χ1v) is 22.0. The molecule has 300 valence electrons. The molecule has 0 spiro atoms. The molecule has 0 fully saturated rings. The van der Waals surface area contributed by atoms with Crippen LogP contribution in [-0.2, 0) is 27.1 Å². The van der Waals surface area contributed by atoms with Crippen LogP contribution in [0.5, 0.6) is 0 Å². The fourth-order valence-electron chi connectivity index (χ4n) is 11.2. The minimum Gasteiger partial charge on any atom is -0.310 e. The molecule has 0 aromatic heterocycles. The van der Waals surface area contributed by atoms with Crippen molar-refractivity contribution in [1.29, 1.82) is 0 Å².